The number of hydrogen-bond acceptors (Lipinski definition) is 4. The molecule has 5 aromatic rings. The Morgan fingerprint density at radius 3 is 1.95 bits per heavy atom. The van der Waals surface area contributed by atoms with Gasteiger partial charge in [-0.25, -0.2) is 0 Å². The van der Waals surface area contributed by atoms with Gasteiger partial charge in [-0.05, 0) is 99.7 Å². The first-order valence-corrected chi connectivity index (χ1v) is 12.9. The lowest BCUT2D eigenvalue weighted by molar-refractivity contribution is -0.111. The average Bonchev–Trinajstić information content (AvgIpc) is 3.30. The minimum Gasteiger partial charge on any atom is -0.501 e. The normalized spacial score (nSPS) is 12.1. The fraction of sp³-hybridized carbons (Fsp3) is 0.206. The molecule has 0 aliphatic rings. The van der Waals surface area contributed by atoms with Crippen molar-refractivity contribution in [1.82, 2.24) is 0 Å². The van der Waals surface area contributed by atoms with Crippen molar-refractivity contribution < 1.29 is 13.9 Å². The molecule has 0 atom stereocenters. The maximum atomic E-state index is 12.8. The van der Waals surface area contributed by atoms with Gasteiger partial charge in [0.05, 0.1) is 18.4 Å². The molecule has 0 N–H and O–H groups in total. The second-order valence-electron chi connectivity index (χ2n) is 9.86. The molecule has 0 bridgehead atoms. The van der Waals surface area contributed by atoms with Crippen LogP contribution in [0.25, 0.3) is 27.5 Å². The summed E-state index contributed by atoms with van der Waals surface area (Å²) in [6.45, 7) is 11.9. The molecule has 38 heavy (non-hydrogen) atoms. The molecule has 0 aliphatic heterocycles. The molecular formula is C34H33NO3. The predicted octanol–water partition coefficient (Wildman–Crippen LogP) is 9.26. The van der Waals surface area contributed by atoms with E-state index in [4.69, 9.17) is 9.15 Å². The van der Waals surface area contributed by atoms with Crippen LogP contribution in [-0.4, -0.2) is 12.9 Å². The summed E-state index contributed by atoms with van der Waals surface area (Å²) >= 11 is 0. The van der Waals surface area contributed by atoms with Crippen molar-refractivity contribution in [2.75, 3.05) is 12.0 Å². The Morgan fingerprint density at radius 1 is 0.711 bits per heavy atom. The molecule has 0 radical (unpaired) electrons. The summed E-state index contributed by atoms with van der Waals surface area (Å²) in [5.74, 6) is 0.628. The Bertz CT molecular complexity index is 1690. The highest BCUT2D eigenvalue weighted by Crippen LogP contribution is 2.45. The van der Waals surface area contributed by atoms with Crippen LogP contribution in [-0.2, 0) is 9.53 Å². The Morgan fingerprint density at radius 2 is 1.32 bits per heavy atom. The number of fused-ring (bicyclic) bond motifs is 3. The molecule has 4 aromatic carbocycles. The lowest BCUT2D eigenvalue weighted by Crippen LogP contribution is -2.16. The van der Waals surface area contributed by atoms with E-state index in [2.05, 4.69) is 81.1 Å². The van der Waals surface area contributed by atoms with Gasteiger partial charge in [0.15, 0.2) is 5.78 Å². The number of ether oxygens (including phenoxy) is 1. The Labute approximate surface area is 224 Å². The Hall–Kier alpha value is -4.31. The molecule has 0 amide bonds. The summed E-state index contributed by atoms with van der Waals surface area (Å²) in [7, 11) is 1.61. The van der Waals surface area contributed by atoms with Gasteiger partial charge in [-0.15, -0.1) is 0 Å². The lowest BCUT2D eigenvalue weighted by Gasteiger charge is -2.32. The summed E-state index contributed by atoms with van der Waals surface area (Å²) < 4.78 is 11.8. The molecule has 0 saturated carbocycles. The predicted molar refractivity (Wildman–Crippen MR) is 158 cm³/mol. The molecule has 192 valence electrons. The van der Waals surface area contributed by atoms with Gasteiger partial charge in [0.1, 0.15) is 16.9 Å². The fourth-order valence-electron chi connectivity index (χ4n) is 5.54. The van der Waals surface area contributed by atoms with E-state index in [9.17, 15) is 4.79 Å². The highest BCUT2D eigenvalue weighted by Gasteiger charge is 2.26. The van der Waals surface area contributed by atoms with Crippen LogP contribution in [0.15, 0.2) is 83.0 Å². The van der Waals surface area contributed by atoms with Gasteiger partial charge in [-0.3, -0.25) is 4.79 Å². The summed E-state index contributed by atoms with van der Waals surface area (Å²) in [6, 6.07) is 24.9. The van der Waals surface area contributed by atoms with Gasteiger partial charge < -0.3 is 14.1 Å². The van der Waals surface area contributed by atoms with E-state index >= 15 is 0 Å². The molecule has 1 aromatic heterocycles. The third-order valence-corrected chi connectivity index (χ3v) is 7.70. The molecule has 1 heterocycles. The molecule has 4 nitrogen and oxygen atoms in total. The molecule has 0 fully saturated rings. The van der Waals surface area contributed by atoms with Crippen molar-refractivity contribution >= 4 is 50.4 Å². The minimum absolute atomic E-state index is 0.00245. The van der Waals surface area contributed by atoms with Gasteiger partial charge in [-0.1, -0.05) is 36.4 Å². The van der Waals surface area contributed by atoms with Crippen LogP contribution in [0.4, 0.5) is 17.1 Å². The average molecular weight is 504 g/mol. The Balaban J connectivity index is 1.80. The van der Waals surface area contributed by atoms with E-state index < -0.39 is 0 Å². The highest BCUT2D eigenvalue weighted by atomic mass is 16.5. The number of nitrogens with zero attached hydrogens (tertiary/aromatic N) is 1. The summed E-state index contributed by atoms with van der Waals surface area (Å²) in [4.78, 5) is 15.1. The molecule has 5 rings (SSSR count). The zero-order chi connectivity index (χ0) is 27.1. The van der Waals surface area contributed by atoms with Crippen molar-refractivity contribution in [3.05, 3.63) is 106 Å². The quantitative estimate of drug-likeness (QED) is 0.171. The molecule has 0 unspecified atom stereocenters. The number of furan rings is 1. The van der Waals surface area contributed by atoms with Crippen LogP contribution in [0.2, 0.25) is 0 Å². The van der Waals surface area contributed by atoms with E-state index in [1.165, 1.54) is 0 Å². The second-order valence-corrected chi connectivity index (χ2v) is 9.86. The first-order valence-electron chi connectivity index (χ1n) is 12.9. The zero-order valence-electron chi connectivity index (χ0n) is 23.1. The van der Waals surface area contributed by atoms with E-state index in [1.807, 2.05) is 31.2 Å². The third-order valence-electron chi connectivity index (χ3n) is 7.70. The van der Waals surface area contributed by atoms with Gasteiger partial charge in [0, 0.05) is 28.2 Å². The summed E-state index contributed by atoms with van der Waals surface area (Å²) in [5.41, 5.74) is 10.8. The monoisotopic (exact) mass is 503 g/mol. The number of hydrogen-bond donors (Lipinski definition) is 0. The minimum atomic E-state index is -0.00245. The van der Waals surface area contributed by atoms with Crippen LogP contribution >= 0.6 is 0 Å². The van der Waals surface area contributed by atoms with E-state index in [-0.39, 0.29) is 5.78 Å². The Kier molecular flexibility index (Phi) is 6.58. The van der Waals surface area contributed by atoms with E-state index in [0.717, 1.165) is 66.8 Å². The van der Waals surface area contributed by atoms with Gasteiger partial charge >= 0.3 is 0 Å². The third kappa shape index (κ3) is 4.06. The molecule has 0 spiro atoms. The highest BCUT2D eigenvalue weighted by molar-refractivity contribution is 6.21. The van der Waals surface area contributed by atoms with Gasteiger partial charge in [0.2, 0.25) is 0 Å². The number of Topliss-reactive ketones (excluding diaryl/α,β-unsaturated/α-hetero) is 1. The second kappa shape index (κ2) is 9.86. The smallest absolute Gasteiger partial charge is 0.163 e. The number of para-hydroxylation sites is 2. The number of rotatable bonds is 6. The standard InChI is InChI=1S/C34H33NO3/c1-20-22(3)34(23(4)21(2)32(20)33(24(5)36)25(6)37-7)35(26-13-9-8-10-14-26)27-17-18-29-28-15-11-12-16-30(28)38-31(29)19-27/h8-19H,1-7H3/b33-25+. The van der Waals surface area contributed by atoms with Crippen molar-refractivity contribution in [3.63, 3.8) is 0 Å². The SMILES string of the molecule is CO/C(C)=C(\C(C)=O)c1c(C)c(C)c(N(c2ccccc2)c2ccc3c(c2)oc2ccccc23)c(C)c1C. The fourth-order valence-corrected chi connectivity index (χ4v) is 5.54. The van der Waals surface area contributed by atoms with Gasteiger partial charge in [-0.2, -0.15) is 0 Å². The molecular weight excluding hydrogens is 470 g/mol. The number of anilines is 3. The number of carbonyl (C=O) groups is 1. The lowest BCUT2D eigenvalue weighted by atomic mass is 9.85. The molecule has 0 saturated heterocycles. The summed E-state index contributed by atoms with van der Waals surface area (Å²) in [5, 5.41) is 2.21. The topological polar surface area (TPSA) is 42.7 Å². The van der Waals surface area contributed by atoms with Crippen molar-refractivity contribution in [1.29, 1.82) is 0 Å². The van der Waals surface area contributed by atoms with Crippen molar-refractivity contribution in [2.45, 2.75) is 41.5 Å². The maximum absolute atomic E-state index is 12.8. The van der Waals surface area contributed by atoms with Crippen LogP contribution in [0.5, 0.6) is 0 Å². The van der Waals surface area contributed by atoms with Crippen LogP contribution < -0.4 is 4.90 Å². The van der Waals surface area contributed by atoms with Crippen LogP contribution in [0.3, 0.4) is 0 Å². The summed E-state index contributed by atoms with van der Waals surface area (Å²) in [6.07, 6.45) is 0. The molecule has 4 heteroatoms. The molecule has 0 aliphatic carbocycles. The number of ketones is 1. The van der Waals surface area contributed by atoms with Crippen molar-refractivity contribution in [2.24, 2.45) is 0 Å². The first kappa shape index (κ1) is 25.3. The van der Waals surface area contributed by atoms with Crippen LogP contribution in [0, 0.1) is 27.7 Å². The van der Waals surface area contributed by atoms with E-state index in [1.54, 1.807) is 14.0 Å². The van der Waals surface area contributed by atoms with Crippen molar-refractivity contribution in [3.8, 4) is 0 Å². The van der Waals surface area contributed by atoms with E-state index in [0.29, 0.717) is 11.3 Å². The number of benzene rings is 4. The van der Waals surface area contributed by atoms with Crippen LogP contribution in [0.1, 0.15) is 41.7 Å². The number of methoxy groups -OCH3 is 1. The van der Waals surface area contributed by atoms with Gasteiger partial charge in [0.25, 0.3) is 0 Å². The zero-order valence-corrected chi connectivity index (χ0v) is 23.1. The first-order chi connectivity index (χ1) is 18.2. The maximum Gasteiger partial charge on any atom is 0.163 e. The number of carbonyl (C=O) groups excluding carboxylic acids is 1. The largest absolute Gasteiger partial charge is 0.501 e. The number of allylic oxidation sites excluding steroid dienone is 2.